The Morgan fingerprint density at radius 2 is 2.00 bits per heavy atom. The minimum absolute atomic E-state index is 0.343. The number of hydrogen-bond acceptors (Lipinski definition) is 7. The second-order valence-corrected chi connectivity index (χ2v) is 4.12. The summed E-state index contributed by atoms with van der Waals surface area (Å²) in [6.07, 6.45) is -4.80. The summed E-state index contributed by atoms with van der Waals surface area (Å²) >= 11 is 0. The first-order chi connectivity index (χ1) is 8.52. The van der Waals surface area contributed by atoms with Crippen molar-refractivity contribution in [3.05, 3.63) is 12.2 Å². The predicted octanol–water partition coefficient (Wildman–Crippen LogP) is -3.18. The Kier molecular flexibility index (Phi) is 3.95. The summed E-state index contributed by atoms with van der Waals surface area (Å²) in [6.45, 7) is -0.530. The van der Waals surface area contributed by atoms with Gasteiger partial charge in [-0.3, -0.25) is 4.79 Å². The van der Waals surface area contributed by atoms with Crippen LogP contribution in [0.2, 0.25) is 0 Å². The standard InChI is InChI=1S/C10H15NO7/c12-3-4-7(14)8(15)9(16)10(17-4)18-6-2-1-5(13)11-6/h1-2,4,6-10,12,14-16H,3H2,(H,11,13)/t4-,6+,7-,8+,9-,10+/m1/s1. The van der Waals surface area contributed by atoms with E-state index in [1.165, 1.54) is 12.2 Å². The van der Waals surface area contributed by atoms with Gasteiger partial charge in [0.15, 0.2) is 12.5 Å². The quantitative estimate of drug-likeness (QED) is 0.362. The van der Waals surface area contributed by atoms with Crippen molar-refractivity contribution in [3.63, 3.8) is 0 Å². The first-order valence-electron chi connectivity index (χ1n) is 5.47. The maximum absolute atomic E-state index is 10.9. The molecule has 0 aromatic heterocycles. The third-order valence-electron chi connectivity index (χ3n) is 2.84. The van der Waals surface area contributed by atoms with E-state index >= 15 is 0 Å². The molecule has 1 fully saturated rings. The molecular weight excluding hydrogens is 246 g/mol. The zero-order chi connectivity index (χ0) is 13.3. The molecule has 2 aliphatic heterocycles. The molecule has 8 nitrogen and oxygen atoms in total. The van der Waals surface area contributed by atoms with E-state index in [0.717, 1.165) is 0 Å². The van der Waals surface area contributed by atoms with Crippen LogP contribution in [-0.4, -0.2) is 69.9 Å². The van der Waals surface area contributed by atoms with Crippen LogP contribution in [0.1, 0.15) is 0 Å². The number of aliphatic hydroxyl groups excluding tert-OH is 4. The average molecular weight is 261 g/mol. The molecular formula is C10H15NO7. The van der Waals surface area contributed by atoms with Gasteiger partial charge in [0.25, 0.3) is 0 Å². The van der Waals surface area contributed by atoms with E-state index in [2.05, 4.69) is 5.32 Å². The molecule has 8 heteroatoms. The summed E-state index contributed by atoms with van der Waals surface area (Å²) in [5.41, 5.74) is 0. The van der Waals surface area contributed by atoms with Gasteiger partial charge in [0.1, 0.15) is 24.4 Å². The minimum Gasteiger partial charge on any atom is -0.394 e. The fraction of sp³-hybridized carbons (Fsp3) is 0.700. The molecule has 6 atom stereocenters. The van der Waals surface area contributed by atoms with Crippen molar-refractivity contribution in [2.75, 3.05) is 6.61 Å². The van der Waals surface area contributed by atoms with Crippen molar-refractivity contribution in [2.45, 2.75) is 36.9 Å². The van der Waals surface area contributed by atoms with Crippen molar-refractivity contribution in [1.82, 2.24) is 5.32 Å². The molecule has 0 saturated carbocycles. The van der Waals surface area contributed by atoms with E-state index in [0.29, 0.717) is 0 Å². The second kappa shape index (κ2) is 5.31. The van der Waals surface area contributed by atoms with Crippen LogP contribution in [0.4, 0.5) is 0 Å². The summed E-state index contributed by atoms with van der Waals surface area (Å²) < 4.78 is 10.3. The molecule has 0 aromatic carbocycles. The van der Waals surface area contributed by atoms with Gasteiger partial charge in [-0.05, 0) is 6.08 Å². The lowest BCUT2D eigenvalue weighted by atomic mass is 9.99. The largest absolute Gasteiger partial charge is 0.394 e. The lowest BCUT2D eigenvalue weighted by Crippen LogP contribution is -2.60. The molecule has 1 saturated heterocycles. The van der Waals surface area contributed by atoms with Gasteiger partial charge in [0.2, 0.25) is 5.91 Å². The number of carbonyl (C=O) groups excluding carboxylic acids is 1. The number of hydrogen-bond donors (Lipinski definition) is 5. The highest BCUT2D eigenvalue weighted by molar-refractivity contribution is 5.90. The molecule has 5 N–H and O–H groups in total. The van der Waals surface area contributed by atoms with E-state index in [1.807, 2.05) is 0 Å². The Morgan fingerprint density at radius 1 is 1.28 bits per heavy atom. The van der Waals surface area contributed by atoms with Crippen LogP contribution in [0.3, 0.4) is 0 Å². The number of aliphatic hydroxyl groups is 4. The summed E-state index contributed by atoms with van der Waals surface area (Å²) in [7, 11) is 0. The van der Waals surface area contributed by atoms with Crippen molar-refractivity contribution < 1.29 is 34.7 Å². The van der Waals surface area contributed by atoms with Gasteiger partial charge in [-0.1, -0.05) is 0 Å². The second-order valence-electron chi connectivity index (χ2n) is 4.12. The van der Waals surface area contributed by atoms with Gasteiger partial charge in [-0.2, -0.15) is 0 Å². The first kappa shape index (κ1) is 13.4. The third-order valence-corrected chi connectivity index (χ3v) is 2.84. The molecule has 0 aliphatic carbocycles. The molecule has 0 aromatic rings. The van der Waals surface area contributed by atoms with Crippen molar-refractivity contribution in [2.24, 2.45) is 0 Å². The van der Waals surface area contributed by atoms with Crippen molar-refractivity contribution >= 4 is 5.91 Å². The Hall–Kier alpha value is -1.03. The molecule has 102 valence electrons. The van der Waals surface area contributed by atoms with Gasteiger partial charge < -0.3 is 35.2 Å². The van der Waals surface area contributed by atoms with Crippen LogP contribution in [0, 0.1) is 0 Å². The Bertz CT molecular complexity index is 345. The molecule has 2 heterocycles. The van der Waals surface area contributed by atoms with Crippen LogP contribution in [0.15, 0.2) is 12.2 Å². The average Bonchev–Trinajstić information content (AvgIpc) is 2.75. The van der Waals surface area contributed by atoms with Crippen LogP contribution in [0.25, 0.3) is 0 Å². The molecule has 1 amide bonds. The fourth-order valence-electron chi connectivity index (χ4n) is 1.81. The van der Waals surface area contributed by atoms with Gasteiger partial charge in [-0.15, -0.1) is 0 Å². The van der Waals surface area contributed by atoms with Crippen LogP contribution in [-0.2, 0) is 14.3 Å². The molecule has 2 rings (SSSR count). The van der Waals surface area contributed by atoms with Gasteiger partial charge in [0.05, 0.1) is 6.61 Å². The molecule has 18 heavy (non-hydrogen) atoms. The number of rotatable bonds is 3. The summed E-state index contributed by atoms with van der Waals surface area (Å²) in [5.74, 6) is -0.343. The first-order valence-corrected chi connectivity index (χ1v) is 5.47. The van der Waals surface area contributed by atoms with E-state index in [1.54, 1.807) is 0 Å². The zero-order valence-electron chi connectivity index (χ0n) is 9.34. The number of ether oxygens (including phenoxy) is 2. The Balaban J connectivity index is 1.99. The zero-order valence-corrected chi connectivity index (χ0v) is 9.34. The Morgan fingerprint density at radius 3 is 2.56 bits per heavy atom. The SMILES string of the molecule is O=C1C=C[C@H](O[C@@H]2O[C@H](CO)[C@@H](O)[C@H](O)[C@H]2O)N1. The van der Waals surface area contributed by atoms with Crippen molar-refractivity contribution in [3.8, 4) is 0 Å². The monoisotopic (exact) mass is 261 g/mol. The molecule has 2 aliphatic rings. The van der Waals surface area contributed by atoms with Gasteiger partial charge >= 0.3 is 0 Å². The van der Waals surface area contributed by atoms with E-state index in [4.69, 9.17) is 14.6 Å². The lowest BCUT2D eigenvalue weighted by molar-refractivity contribution is -0.308. The molecule has 0 unspecified atom stereocenters. The van der Waals surface area contributed by atoms with Gasteiger partial charge in [-0.25, -0.2) is 0 Å². The summed E-state index contributed by atoms with van der Waals surface area (Å²) in [6, 6.07) is 0. The topological polar surface area (TPSA) is 128 Å². The Labute approximate surface area is 102 Å². The van der Waals surface area contributed by atoms with Crippen LogP contribution in [0.5, 0.6) is 0 Å². The minimum atomic E-state index is -1.50. The third kappa shape index (κ3) is 2.53. The molecule has 0 spiro atoms. The highest BCUT2D eigenvalue weighted by atomic mass is 16.7. The maximum Gasteiger partial charge on any atom is 0.246 e. The fourth-order valence-corrected chi connectivity index (χ4v) is 1.81. The predicted molar refractivity (Wildman–Crippen MR) is 55.9 cm³/mol. The number of carbonyl (C=O) groups is 1. The van der Waals surface area contributed by atoms with E-state index in [-0.39, 0.29) is 5.91 Å². The normalized spacial score (nSPS) is 44.1. The highest BCUT2D eigenvalue weighted by Gasteiger charge is 2.44. The summed E-state index contributed by atoms with van der Waals surface area (Å²) in [4.78, 5) is 10.9. The number of amides is 1. The van der Waals surface area contributed by atoms with E-state index < -0.39 is 43.5 Å². The van der Waals surface area contributed by atoms with Crippen LogP contribution < -0.4 is 5.32 Å². The maximum atomic E-state index is 10.9. The number of nitrogens with one attached hydrogen (secondary N) is 1. The van der Waals surface area contributed by atoms with Crippen LogP contribution >= 0.6 is 0 Å². The molecule has 0 radical (unpaired) electrons. The molecule has 0 bridgehead atoms. The van der Waals surface area contributed by atoms with Gasteiger partial charge in [0, 0.05) is 6.08 Å². The lowest BCUT2D eigenvalue weighted by Gasteiger charge is -2.40. The summed E-state index contributed by atoms with van der Waals surface area (Å²) in [5, 5.41) is 40.1. The highest BCUT2D eigenvalue weighted by Crippen LogP contribution is 2.23. The van der Waals surface area contributed by atoms with E-state index in [9.17, 15) is 20.1 Å². The smallest absolute Gasteiger partial charge is 0.246 e. The van der Waals surface area contributed by atoms with Crippen molar-refractivity contribution in [1.29, 1.82) is 0 Å².